The predicted octanol–water partition coefficient (Wildman–Crippen LogP) is 2.83. The van der Waals surface area contributed by atoms with Crippen molar-refractivity contribution in [3.8, 4) is 0 Å². The van der Waals surface area contributed by atoms with Gasteiger partial charge in [0.05, 0.1) is 6.04 Å². The Morgan fingerprint density at radius 2 is 1.88 bits per heavy atom. The number of halogens is 2. The van der Waals surface area contributed by atoms with Crippen LogP contribution in [0.15, 0.2) is 18.2 Å². The third-order valence-electron chi connectivity index (χ3n) is 4.22. The van der Waals surface area contributed by atoms with Gasteiger partial charge in [0.2, 0.25) is 0 Å². The van der Waals surface area contributed by atoms with Gasteiger partial charge in [-0.3, -0.25) is 4.90 Å². The monoisotopic (exact) mass is 353 g/mol. The first-order chi connectivity index (χ1) is 11.7. The molecule has 0 radical (unpaired) electrons. The van der Waals surface area contributed by atoms with Crippen molar-refractivity contribution in [2.24, 2.45) is 0 Å². The molecule has 8 heteroatoms. The summed E-state index contributed by atoms with van der Waals surface area (Å²) in [5.74, 6) is -1.95. The van der Waals surface area contributed by atoms with Crippen LogP contribution < -0.4 is 4.90 Å². The second kappa shape index (κ2) is 6.16. The molecule has 0 aliphatic carbocycles. The van der Waals surface area contributed by atoms with Crippen LogP contribution in [-0.2, 0) is 4.74 Å². The van der Waals surface area contributed by atoms with Gasteiger partial charge in [0.1, 0.15) is 5.60 Å². The number of carbonyl (C=O) groups excluding carboxylic acids is 2. The van der Waals surface area contributed by atoms with Crippen molar-refractivity contribution in [3.63, 3.8) is 0 Å². The van der Waals surface area contributed by atoms with Crippen LogP contribution in [0.5, 0.6) is 0 Å². The Morgan fingerprint density at radius 1 is 1.16 bits per heavy atom. The highest BCUT2D eigenvalue weighted by atomic mass is 19.2. The molecule has 1 atom stereocenters. The molecule has 1 aromatic rings. The zero-order valence-electron chi connectivity index (χ0n) is 14.5. The second-order valence-corrected chi connectivity index (χ2v) is 7.27. The molecular formula is C17H21F2N3O3. The van der Waals surface area contributed by atoms with E-state index in [1.165, 1.54) is 11.0 Å². The molecule has 25 heavy (non-hydrogen) atoms. The molecular weight excluding hydrogens is 332 g/mol. The summed E-state index contributed by atoms with van der Waals surface area (Å²) in [6, 6.07) is 2.92. The zero-order valence-corrected chi connectivity index (χ0v) is 14.5. The summed E-state index contributed by atoms with van der Waals surface area (Å²) in [6.45, 7) is 6.80. The van der Waals surface area contributed by atoms with Crippen molar-refractivity contribution in [2.75, 3.05) is 31.1 Å². The van der Waals surface area contributed by atoms with Gasteiger partial charge in [-0.15, -0.1) is 0 Å². The number of urea groups is 1. The number of rotatable bonds is 1. The third kappa shape index (κ3) is 3.52. The fourth-order valence-corrected chi connectivity index (χ4v) is 3.07. The lowest BCUT2D eigenvalue weighted by Crippen LogP contribution is -2.54. The van der Waals surface area contributed by atoms with Crippen molar-refractivity contribution < 1.29 is 23.1 Å². The van der Waals surface area contributed by atoms with Crippen LogP contribution in [0.1, 0.15) is 20.8 Å². The average molecular weight is 353 g/mol. The van der Waals surface area contributed by atoms with Gasteiger partial charge in [0, 0.05) is 37.9 Å². The highest BCUT2D eigenvalue weighted by Crippen LogP contribution is 2.28. The minimum absolute atomic E-state index is 0.207. The Balaban J connectivity index is 1.71. The Hall–Kier alpha value is -2.38. The maximum absolute atomic E-state index is 13.5. The molecule has 0 N–H and O–H groups in total. The number of benzene rings is 1. The summed E-state index contributed by atoms with van der Waals surface area (Å²) < 4.78 is 31.9. The summed E-state index contributed by atoms with van der Waals surface area (Å²) in [4.78, 5) is 29.4. The Labute approximate surface area is 144 Å². The number of fused-ring (bicyclic) bond motifs is 1. The van der Waals surface area contributed by atoms with Gasteiger partial charge < -0.3 is 14.5 Å². The summed E-state index contributed by atoms with van der Waals surface area (Å²) in [6.07, 6.45) is -0.411. The lowest BCUT2D eigenvalue weighted by Gasteiger charge is -2.36. The van der Waals surface area contributed by atoms with Gasteiger partial charge >= 0.3 is 12.1 Å². The van der Waals surface area contributed by atoms with E-state index in [2.05, 4.69) is 0 Å². The van der Waals surface area contributed by atoms with Gasteiger partial charge in [0.25, 0.3) is 0 Å². The summed E-state index contributed by atoms with van der Waals surface area (Å²) >= 11 is 0. The molecule has 0 spiro atoms. The van der Waals surface area contributed by atoms with Crippen LogP contribution in [0.3, 0.4) is 0 Å². The summed E-state index contributed by atoms with van der Waals surface area (Å²) in [5, 5.41) is 0. The van der Waals surface area contributed by atoms with Gasteiger partial charge in [-0.1, -0.05) is 0 Å². The number of hydrogen-bond acceptors (Lipinski definition) is 3. The van der Waals surface area contributed by atoms with Crippen LogP contribution in [-0.4, -0.2) is 59.7 Å². The molecule has 0 bridgehead atoms. The van der Waals surface area contributed by atoms with Gasteiger partial charge in [-0.2, -0.15) is 0 Å². The van der Waals surface area contributed by atoms with Crippen molar-refractivity contribution in [2.45, 2.75) is 32.4 Å². The zero-order chi connectivity index (χ0) is 18.4. The molecule has 2 aliphatic rings. The first kappa shape index (κ1) is 17.4. The molecule has 0 aromatic heterocycles. The van der Waals surface area contributed by atoms with Gasteiger partial charge in [0.15, 0.2) is 11.6 Å². The van der Waals surface area contributed by atoms with E-state index in [0.29, 0.717) is 31.9 Å². The standard InChI is InChI=1S/C17H21F2N3O3/c1-17(2,3)25-16(24)20-6-7-21-12(9-20)10-22(15(21)23)11-4-5-13(18)14(19)8-11/h4-5,8,12H,6-7,9-10H2,1-3H3. The molecule has 1 aromatic carbocycles. The Morgan fingerprint density at radius 3 is 2.52 bits per heavy atom. The average Bonchev–Trinajstić information content (AvgIpc) is 2.85. The smallest absolute Gasteiger partial charge is 0.410 e. The SMILES string of the molecule is CC(C)(C)OC(=O)N1CCN2C(=O)N(c3ccc(F)c(F)c3)CC2C1. The van der Waals surface area contributed by atoms with Gasteiger partial charge in [-0.25, -0.2) is 18.4 Å². The van der Waals surface area contributed by atoms with E-state index in [-0.39, 0.29) is 12.1 Å². The van der Waals surface area contributed by atoms with Crippen molar-refractivity contribution in [1.29, 1.82) is 0 Å². The van der Waals surface area contributed by atoms with E-state index < -0.39 is 23.3 Å². The van der Waals surface area contributed by atoms with Gasteiger partial charge in [-0.05, 0) is 32.9 Å². The van der Waals surface area contributed by atoms with E-state index in [1.54, 1.807) is 30.6 Å². The molecule has 2 aliphatic heterocycles. The normalized spacial score (nSPS) is 20.8. The molecule has 6 nitrogen and oxygen atoms in total. The number of carbonyl (C=O) groups is 2. The highest BCUT2D eigenvalue weighted by molar-refractivity contribution is 5.95. The number of ether oxygens (including phenoxy) is 1. The van der Waals surface area contributed by atoms with Crippen molar-refractivity contribution in [3.05, 3.63) is 29.8 Å². The molecule has 0 saturated carbocycles. The van der Waals surface area contributed by atoms with Crippen LogP contribution in [0.25, 0.3) is 0 Å². The number of hydrogen-bond donors (Lipinski definition) is 0. The maximum atomic E-state index is 13.5. The quantitative estimate of drug-likeness (QED) is 0.780. The molecule has 2 fully saturated rings. The minimum Gasteiger partial charge on any atom is -0.444 e. The molecule has 3 rings (SSSR count). The van der Waals surface area contributed by atoms with E-state index in [4.69, 9.17) is 4.74 Å². The lowest BCUT2D eigenvalue weighted by atomic mass is 10.2. The first-order valence-corrected chi connectivity index (χ1v) is 8.17. The highest BCUT2D eigenvalue weighted by Gasteiger charge is 2.43. The Kier molecular flexibility index (Phi) is 4.30. The number of amides is 3. The molecule has 2 saturated heterocycles. The first-order valence-electron chi connectivity index (χ1n) is 8.17. The van der Waals surface area contributed by atoms with Crippen LogP contribution in [0.4, 0.5) is 24.1 Å². The van der Waals surface area contributed by atoms with E-state index in [1.807, 2.05) is 0 Å². The topological polar surface area (TPSA) is 53.1 Å². The molecule has 3 amide bonds. The van der Waals surface area contributed by atoms with Crippen LogP contribution >= 0.6 is 0 Å². The second-order valence-electron chi connectivity index (χ2n) is 7.27. The van der Waals surface area contributed by atoms with E-state index in [9.17, 15) is 18.4 Å². The fraction of sp³-hybridized carbons (Fsp3) is 0.529. The molecule has 136 valence electrons. The van der Waals surface area contributed by atoms with E-state index >= 15 is 0 Å². The largest absolute Gasteiger partial charge is 0.444 e. The van der Waals surface area contributed by atoms with Crippen LogP contribution in [0.2, 0.25) is 0 Å². The summed E-state index contributed by atoms with van der Waals surface area (Å²) in [5.41, 5.74) is -0.278. The number of anilines is 1. The predicted molar refractivity (Wildman–Crippen MR) is 87.4 cm³/mol. The lowest BCUT2D eigenvalue weighted by molar-refractivity contribution is 0.0128. The number of piperazine rings is 1. The van der Waals surface area contributed by atoms with E-state index in [0.717, 1.165) is 12.1 Å². The van der Waals surface area contributed by atoms with Crippen LogP contribution in [0, 0.1) is 11.6 Å². The van der Waals surface area contributed by atoms with Crippen molar-refractivity contribution in [1.82, 2.24) is 9.80 Å². The minimum atomic E-state index is -0.995. The van der Waals surface area contributed by atoms with Crippen molar-refractivity contribution >= 4 is 17.8 Å². The third-order valence-corrected chi connectivity index (χ3v) is 4.22. The molecule has 2 heterocycles. The maximum Gasteiger partial charge on any atom is 0.410 e. The number of nitrogens with zero attached hydrogens (tertiary/aromatic N) is 3. The Bertz CT molecular complexity index is 705. The fourth-order valence-electron chi connectivity index (χ4n) is 3.07. The molecule has 1 unspecified atom stereocenters. The summed E-state index contributed by atoms with van der Waals surface area (Å²) in [7, 11) is 0.